The molecule has 134 valence electrons. The van der Waals surface area contributed by atoms with Gasteiger partial charge in [0.1, 0.15) is 0 Å². The Bertz CT molecular complexity index is 683. The summed E-state index contributed by atoms with van der Waals surface area (Å²) in [5.41, 5.74) is 1.64. The average Bonchev–Trinajstić information content (AvgIpc) is 2.80. The third kappa shape index (κ3) is 4.66. The summed E-state index contributed by atoms with van der Waals surface area (Å²) in [6.45, 7) is 6.94. The molecule has 2 rings (SSSR count). The van der Waals surface area contributed by atoms with Crippen LogP contribution in [0, 0.1) is 0 Å². The fourth-order valence-electron chi connectivity index (χ4n) is 2.90. The number of carbonyl (C=O) groups is 3. The maximum absolute atomic E-state index is 12.3. The molecule has 1 aliphatic heterocycles. The summed E-state index contributed by atoms with van der Waals surface area (Å²) in [4.78, 5) is 37.8. The highest BCUT2D eigenvalue weighted by Crippen LogP contribution is 2.23. The first-order chi connectivity index (χ1) is 11.7. The molecule has 0 fully saturated rings. The largest absolute Gasteiger partial charge is 0.466 e. The van der Waals surface area contributed by atoms with Gasteiger partial charge in [0, 0.05) is 20.2 Å². The highest BCUT2D eigenvalue weighted by molar-refractivity contribution is 6.77. The lowest BCUT2D eigenvalue weighted by atomic mass is 10.1. The number of fused-ring (bicyclic) bond motifs is 1. The molecule has 0 aliphatic carbocycles. The Labute approximate surface area is 149 Å². The van der Waals surface area contributed by atoms with Gasteiger partial charge in [0.25, 0.3) is 11.8 Å². The van der Waals surface area contributed by atoms with Crippen molar-refractivity contribution in [2.24, 2.45) is 0 Å². The van der Waals surface area contributed by atoms with Crippen molar-refractivity contribution in [1.29, 1.82) is 0 Å². The van der Waals surface area contributed by atoms with Gasteiger partial charge in [-0.2, -0.15) is 0 Å². The molecular formula is C19H25NO4Si. The Kier molecular flexibility index (Phi) is 5.95. The number of nitrogens with zero attached hydrogens (tertiary/aromatic N) is 1. The summed E-state index contributed by atoms with van der Waals surface area (Å²) < 4.78 is 4.86. The number of allylic oxidation sites excluding steroid dienone is 1. The van der Waals surface area contributed by atoms with Gasteiger partial charge in [-0.05, 0) is 31.0 Å². The summed E-state index contributed by atoms with van der Waals surface area (Å²) >= 11 is 0. The highest BCUT2D eigenvalue weighted by Gasteiger charge is 2.34. The molecule has 1 aliphatic rings. The number of hydrogen-bond acceptors (Lipinski definition) is 4. The molecule has 1 aromatic rings. The van der Waals surface area contributed by atoms with Crippen LogP contribution in [-0.2, 0) is 9.53 Å². The lowest BCUT2D eigenvalue weighted by Crippen LogP contribution is -2.30. The molecule has 0 saturated carbocycles. The van der Waals surface area contributed by atoms with E-state index in [2.05, 4.69) is 19.6 Å². The Balaban J connectivity index is 1.97. The van der Waals surface area contributed by atoms with Crippen molar-refractivity contribution < 1.29 is 19.1 Å². The first kappa shape index (κ1) is 19.1. The van der Waals surface area contributed by atoms with Crippen LogP contribution in [0.2, 0.25) is 25.7 Å². The van der Waals surface area contributed by atoms with Crippen LogP contribution in [0.25, 0.3) is 0 Å². The van der Waals surface area contributed by atoms with Crippen LogP contribution < -0.4 is 0 Å². The van der Waals surface area contributed by atoms with E-state index in [0.29, 0.717) is 36.1 Å². The van der Waals surface area contributed by atoms with Gasteiger partial charge >= 0.3 is 5.97 Å². The number of hydrogen-bond donors (Lipinski definition) is 0. The van der Waals surface area contributed by atoms with Gasteiger partial charge in [0.05, 0.1) is 18.2 Å². The molecule has 0 unspecified atom stereocenters. The molecular weight excluding hydrogens is 334 g/mol. The SMILES string of the molecule is COC(=O)/C(=C/CCCN1C(=O)c2ccccc2C1=O)C[Si](C)(C)C. The first-order valence-corrected chi connectivity index (χ1v) is 12.2. The molecule has 1 aromatic carbocycles. The number of methoxy groups -OCH3 is 1. The summed E-state index contributed by atoms with van der Waals surface area (Å²) in [6.07, 6.45) is 3.14. The van der Waals surface area contributed by atoms with Crippen molar-refractivity contribution in [1.82, 2.24) is 4.90 Å². The van der Waals surface area contributed by atoms with E-state index in [4.69, 9.17) is 4.74 Å². The normalized spacial score (nSPS) is 14.7. The van der Waals surface area contributed by atoms with Gasteiger partial charge < -0.3 is 4.74 Å². The quantitative estimate of drug-likeness (QED) is 0.246. The second kappa shape index (κ2) is 7.78. The van der Waals surface area contributed by atoms with Crippen molar-refractivity contribution in [2.45, 2.75) is 38.5 Å². The van der Waals surface area contributed by atoms with Gasteiger partial charge in [-0.1, -0.05) is 37.8 Å². The first-order valence-electron chi connectivity index (χ1n) is 8.47. The predicted octanol–water partition coefficient (Wildman–Crippen LogP) is 3.50. The zero-order valence-electron chi connectivity index (χ0n) is 15.3. The topological polar surface area (TPSA) is 63.7 Å². The van der Waals surface area contributed by atoms with Crippen LogP contribution in [-0.4, -0.2) is 44.4 Å². The number of carbonyl (C=O) groups excluding carboxylic acids is 3. The minimum Gasteiger partial charge on any atom is -0.466 e. The fraction of sp³-hybridized carbons (Fsp3) is 0.421. The van der Waals surface area contributed by atoms with E-state index in [-0.39, 0.29) is 17.8 Å². The van der Waals surface area contributed by atoms with Crippen LogP contribution in [0.15, 0.2) is 35.9 Å². The molecule has 5 nitrogen and oxygen atoms in total. The number of rotatable bonds is 7. The lowest BCUT2D eigenvalue weighted by molar-refractivity contribution is -0.136. The van der Waals surface area contributed by atoms with Gasteiger partial charge in [-0.3, -0.25) is 14.5 Å². The van der Waals surface area contributed by atoms with E-state index in [9.17, 15) is 14.4 Å². The number of imide groups is 1. The molecule has 6 heteroatoms. The fourth-order valence-corrected chi connectivity index (χ4v) is 4.33. The summed E-state index contributed by atoms with van der Waals surface area (Å²) in [5.74, 6) is -0.761. The van der Waals surface area contributed by atoms with E-state index < -0.39 is 8.07 Å². The van der Waals surface area contributed by atoms with Gasteiger partial charge in [0.15, 0.2) is 0 Å². The van der Waals surface area contributed by atoms with E-state index in [1.165, 1.54) is 12.0 Å². The number of esters is 1. The third-order valence-corrected chi connectivity index (χ3v) is 5.46. The van der Waals surface area contributed by atoms with E-state index in [0.717, 1.165) is 6.04 Å². The van der Waals surface area contributed by atoms with Gasteiger partial charge in [0.2, 0.25) is 0 Å². The minimum atomic E-state index is -1.44. The van der Waals surface area contributed by atoms with Crippen LogP contribution in [0.4, 0.5) is 0 Å². The molecule has 0 N–H and O–H groups in total. The number of benzene rings is 1. The Morgan fingerprint density at radius 1 is 1.12 bits per heavy atom. The summed E-state index contributed by atoms with van der Waals surface area (Å²) in [5, 5.41) is 0. The molecule has 0 bridgehead atoms. The maximum atomic E-state index is 12.3. The maximum Gasteiger partial charge on any atom is 0.333 e. The van der Waals surface area contributed by atoms with E-state index in [1.54, 1.807) is 24.3 Å². The Morgan fingerprint density at radius 3 is 2.16 bits per heavy atom. The lowest BCUT2D eigenvalue weighted by Gasteiger charge is -2.17. The van der Waals surface area contributed by atoms with E-state index in [1.807, 2.05) is 6.08 Å². The second-order valence-corrected chi connectivity index (χ2v) is 12.9. The van der Waals surface area contributed by atoms with E-state index >= 15 is 0 Å². The summed E-state index contributed by atoms with van der Waals surface area (Å²) in [7, 11) is -0.0498. The zero-order valence-corrected chi connectivity index (χ0v) is 16.3. The smallest absolute Gasteiger partial charge is 0.333 e. The van der Waals surface area contributed by atoms with Crippen molar-refractivity contribution in [2.75, 3.05) is 13.7 Å². The second-order valence-electron chi connectivity index (χ2n) is 7.41. The monoisotopic (exact) mass is 359 g/mol. The molecule has 25 heavy (non-hydrogen) atoms. The molecule has 0 spiro atoms. The molecule has 0 atom stereocenters. The standard InChI is InChI=1S/C19H25NO4Si/c1-24-19(23)14(13-25(2,3)4)9-7-8-12-20-17(21)15-10-5-6-11-16(15)18(20)22/h5-6,9-11H,7-8,12-13H2,1-4H3/b14-9+. The average molecular weight is 359 g/mol. The number of amides is 2. The number of unbranched alkanes of at least 4 members (excludes halogenated alkanes) is 1. The van der Waals surface area contributed by atoms with Gasteiger partial charge in [-0.15, -0.1) is 0 Å². The van der Waals surface area contributed by atoms with Crippen molar-refractivity contribution in [3.63, 3.8) is 0 Å². The van der Waals surface area contributed by atoms with Crippen LogP contribution in [0.5, 0.6) is 0 Å². The minimum absolute atomic E-state index is 0.236. The highest BCUT2D eigenvalue weighted by atomic mass is 28.3. The molecule has 0 saturated heterocycles. The predicted molar refractivity (Wildman–Crippen MR) is 99.3 cm³/mol. The summed E-state index contributed by atoms with van der Waals surface area (Å²) in [6, 6.07) is 7.63. The van der Waals surface area contributed by atoms with Crippen LogP contribution in [0.1, 0.15) is 33.6 Å². The molecule has 0 radical (unpaired) electrons. The van der Waals surface area contributed by atoms with Crippen LogP contribution in [0.3, 0.4) is 0 Å². The van der Waals surface area contributed by atoms with Crippen LogP contribution >= 0.6 is 0 Å². The van der Waals surface area contributed by atoms with Gasteiger partial charge in [-0.25, -0.2) is 4.79 Å². The zero-order chi connectivity index (χ0) is 18.6. The molecule has 1 heterocycles. The molecule has 0 aromatic heterocycles. The van der Waals surface area contributed by atoms with Crippen molar-refractivity contribution in [3.05, 3.63) is 47.0 Å². The Morgan fingerprint density at radius 2 is 1.68 bits per heavy atom. The Hall–Kier alpha value is -2.21. The van der Waals surface area contributed by atoms with Crippen molar-refractivity contribution >= 4 is 25.9 Å². The number of ether oxygens (including phenoxy) is 1. The third-order valence-electron chi connectivity index (χ3n) is 4.02. The van der Waals surface area contributed by atoms with Crippen molar-refractivity contribution in [3.8, 4) is 0 Å². The molecule has 2 amide bonds.